The maximum absolute atomic E-state index is 11.3. The van der Waals surface area contributed by atoms with Gasteiger partial charge in [0.1, 0.15) is 5.01 Å². The van der Waals surface area contributed by atoms with Gasteiger partial charge in [-0.05, 0) is 12.1 Å². The summed E-state index contributed by atoms with van der Waals surface area (Å²) in [6, 6.07) is 3.62. The molecule has 90 valence electrons. The highest BCUT2D eigenvalue weighted by molar-refractivity contribution is 7.17. The van der Waals surface area contributed by atoms with E-state index in [1.165, 1.54) is 0 Å². The number of hydrogen-bond donors (Lipinski definition) is 1. The van der Waals surface area contributed by atoms with Crippen molar-refractivity contribution in [2.75, 3.05) is 6.61 Å². The van der Waals surface area contributed by atoms with Gasteiger partial charge in [-0.15, -0.1) is 17.8 Å². The van der Waals surface area contributed by atoms with Gasteiger partial charge in [-0.25, -0.2) is 4.98 Å². The van der Waals surface area contributed by atoms with Crippen molar-refractivity contribution < 1.29 is 9.53 Å². The average molecular weight is 259 g/mol. The van der Waals surface area contributed by atoms with Gasteiger partial charge >= 0.3 is 0 Å². The lowest BCUT2D eigenvalue weighted by Gasteiger charge is -1.97. The Hall–Kier alpha value is -2.39. The number of rotatable bonds is 4. The molecule has 5 nitrogen and oxygen atoms in total. The van der Waals surface area contributed by atoms with E-state index in [0.717, 1.165) is 16.9 Å². The fourth-order valence-electron chi connectivity index (χ4n) is 1.28. The molecule has 2 aromatic heterocycles. The van der Waals surface area contributed by atoms with E-state index in [4.69, 9.17) is 16.9 Å². The molecule has 2 N–H and O–H groups in total. The molecule has 0 spiro atoms. The number of primary amides is 1. The zero-order chi connectivity index (χ0) is 13.0. The molecule has 0 fully saturated rings. The number of aromatic nitrogens is 2. The summed E-state index contributed by atoms with van der Waals surface area (Å²) >= 11 is 1.15. The molecule has 0 atom stereocenters. The van der Waals surface area contributed by atoms with Crippen LogP contribution in [0.5, 0.6) is 5.88 Å². The van der Waals surface area contributed by atoms with Crippen molar-refractivity contribution in [3.63, 3.8) is 0 Å². The van der Waals surface area contributed by atoms with Crippen molar-refractivity contribution in [3.8, 4) is 28.8 Å². The van der Waals surface area contributed by atoms with Crippen molar-refractivity contribution in [3.05, 3.63) is 29.4 Å². The highest BCUT2D eigenvalue weighted by Crippen LogP contribution is 2.31. The van der Waals surface area contributed by atoms with Crippen LogP contribution in [0.1, 0.15) is 9.67 Å². The summed E-state index contributed by atoms with van der Waals surface area (Å²) in [5.41, 5.74) is 6.05. The first kappa shape index (κ1) is 12.1. The Morgan fingerprint density at radius 1 is 1.61 bits per heavy atom. The van der Waals surface area contributed by atoms with Crippen LogP contribution in [0.25, 0.3) is 10.6 Å². The van der Waals surface area contributed by atoms with Crippen LogP contribution in [0.15, 0.2) is 24.5 Å². The molecule has 0 unspecified atom stereocenters. The zero-order valence-corrected chi connectivity index (χ0v) is 10.1. The first-order chi connectivity index (χ1) is 8.72. The third kappa shape index (κ3) is 2.47. The number of thiazole rings is 1. The molecule has 18 heavy (non-hydrogen) atoms. The third-order valence-corrected chi connectivity index (χ3v) is 3.12. The SMILES string of the molecule is C#CCOc1nc(-c2cccnc2)sc1C(N)=O. The van der Waals surface area contributed by atoms with Gasteiger partial charge in [0, 0.05) is 18.0 Å². The number of nitrogens with zero attached hydrogens (tertiary/aromatic N) is 2. The van der Waals surface area contributed by atoms with E-state index in [9.17, 15) is 4.79 Å². The first-order valence-corrected chi connectivity index (χ1v) is 5.81. The Kier molecular flexibility index (Phi) is 3.55. The Morgan fingerprint density at radius 3 is 3.06 bits per heavy atom. The highest BCUT2D eigenvalue weighted by atomic mass is 32.1. The zero-order valence-electron chi connectivity index (χ0n) is 9.29. The number of nitrogens with two attached hydrogens (primary N) is 1. The molecule has 0 aliphatic heterocycles. The number of hydrogen-bond acceptors (Lipinski definition) is 5. The smallest absolute Gasteiger partial charge is 0.264 e. The molecule has 0 saturated carbocycles. The monoisotopic (exact) mass is 259 g/mol. The number of terminal acetylenes is 1. The quantitative estimate of drug-likeness (QED) is 0.840. The summed E-state index contributed by atoms with van der Waals surface area (Å²) < 4.78 is 5.19. The second-order valence-electron chi connectivity index (χ2n) is 3.25. The lowest BCUT2D eigenvalue weighted by molar-refractivity contribution is 0.100. The molecule has 1 amide bonds. The molecule has 2 heterocycles. The Labute approximate surface area is 108 Å². The fraction of sp³-hybridized carbons (Fsp3) is 0.0833. The van der Waals surface area contributed by atoms with Gasteiger partial charge < -0.3 is 10.5 Å². The Morgan fingerprint density at radius 2 is 2.44 bits per heavy atom. The molecule has 0 aliphatic carbocycles. The number of pyridine rings is 1. The van der Waals surface area contributed by atoms with Crippen molar-refractivity contribution in [1.82, 2.24) is 9.97 Å². The van der Waals surface area contributed by atoms with Gasteiger partial charge in [0.25, 0.3) is 5.91 Å². The number of carbonyl (C=O) groups excluding carboxylic acids is 1. The van der Waals surface area contributed by atoms with E-state index in [1.54, 1.807) is 18.5 Å². The first-order valence-electron chi connectivity index (χ1n) is 4.99. The largest absolute Gasteiger partial charge is 0.463 e. The van der Waals surface area contributed by atoms with Crippen LogP contribution in [0.2, 0.25) is 0 Å². The van der Waals surface area contributed by atoms with E-state index in [1.807, 2.05) is 6.07 Å². The molecular formula is C12H9N3O2S. The summed E-state index contributed by atoms with van der Waals surface area (Å²) in [4.78, 5) is 19.7. The minimum Gasteiger partial charge on any atom is -0.463 e. The second-order valence-corrected chi connectivity index (χ2v) is 4.25. The standard InChI is InChI=1S/C12H9N3O2S/c1-2-6-17-11-9(10(13)16)18-12(15-11)8-4-3-5-14-7-8/h1,3-5,7H,6H2,(H2,13,16). The summed E-state index contributed by atoms with van der Waals surface area (Å²) in [6.45, 7) is 0.0382. The normalized spacial score (nSPS) is 9.72. The highest BCUT2D eigenvalue weighted by Gasteiger charge is 2.18. The Bertz CT molecular complexity index is 602. The number of amides is 1. The summed E-state index contributed by atoms with van der Waals surface area (Å²) in [5, 5.41) is 0.615. The van der Waals surface area contributed by atoms with Crippen LogP contribution in [-0.2, 0) is 0 Å². The minimum atomic E-state index is -0.588. The van der Waals surface area contributed by atoms with E-state index in [-0.39, 0.29) is 17.4 Å². The van der Waals surface area contributed by atoms with Crippen molar-refractivity contribution >= 4 is 17.2 Å². The third-order valence-electron chi connectivity index (χ3n) is 2.02. The second kappa shape index (κ2) is 5.29. The number of carbonyl (C=O) groups is 1. The van der Waals surface area contributed by atoms with E-state index in [0.29, 0.717) is 5.01 Å². The molecule has 0 aliphatic rings. The van der Waals surface area contributed by atoms with Gasteiger partial charge in [-0.2, -0.15) is 0 Å². The number of ether oxygens (including phenoxy) is 1. The molecular weight excluding hydrogens is 250 g/mol. The van der Waals surface area contributed by atoms with Crippen LogP contribution in [0.4, 0.5) is 0 Å². The van der Waals surface area contributed by atoms with Crippen LogP contribution in [-0.4, -0.2) is 22.5 Å². The molecule has 2 rings (SSSR count). The topological polar surface area (TPSA) is 78.1 Å². The lowest BCUT2D eigenvalue weighted by atomic mass is 10.3. The molecule has 0 aromatic carbocycles. The summed E-state index contributed by atoms with van der Waals surface area (Å²) in [7, 11) is 0. The van der Waals surface area contributed by atoms with Crippen molar-refractivity contribution in [2.45, 2.75) is 0 Å². The average Bonchev–Trinajstić information content (AvgIpc) is 2.81. The molecule has 6 heteroatoms. The van der Waals surface area contributed by atoms with Crippen LogP contribution < -0.4 is 10.5 Å². The van der Waals surface area contributed by atoms with E-state index in [2.05, 4.69) is 15.9 Å². The van der Waals surface area contributed by atoms with E-state index < -0.39 is 5.91 Å². The van der Waals surface area contributed by atoms with Crippen molar-refractivity contribution in [2.24, 2.45) is 5.73 Å². The van der Waals surface area contributed by atoms with E-state index >= 15 is 0 Å². The summed E-state index contributed by atoms with van der Waals surface area (Å²) in [5.74, 6) is 1.89. The fourth-order valence-corrected chi connectivity index (χ4v) is 2.14. The van der Waals surface area contributed by atoms with Gasteiger partial charge in [0.15, 0.2) is 11.5 Å². The predicted octanol–water partition coefficient (Wildman–Crippen LogP) is 1.32. The summed E-state index contributed by atoms with van der Waals surface area (Å²) in [6.07, 6.45) is 8.40. The van der Waals surface area contributed by atoms with Gasteiger partial charge in [-0.3, -0.25) is 9.78 Å². The van der Waals surface area contributed by atoms with Crippen LogP contribution in [0.3, 0.4) is 0 Å². The lowest BCUT2D eigenvalue weighted by Crippen LogP contribution is -2.11. The van der Waals surface area contributed by atoms with Gasteiger partial charge in [0.2, 0.25) is 5.88 Å². The maximum Gasteiger partial charge on any atom is 0.264 e. The molecule has 0 bridgehead atoms. The molecule has 0 radical (unpaired) electrons. The Balaban J connectivity index is 2.40. The molecule has 0 saturated heterocycles. The van der Waals surface area contributed by atoms with Crippen molar-refractivity contribution in [1.29, 1.82) is 0 Å². The van der Waals surface area contributed by atoms with Gasteiger partial charge in [-0.1, -0.05) is 5.92 Å². The van der Waals surface area contributed by atoms with Crippen LogP contribution in [0, 0.1) is 12.3 Å². The predicted molar refractivity (Wildman–Crippen MR) is 68.2 cm³/mol. The molecule has 2 aromatic rings. The maximum atomic E-state index is 11.3. The van der Waals surface area contributed by atoms with Gasteiger partial charge in [0.05, 0.1) is 0 Å². The minimum absolute atomic E-state index is 0.0382. The van der Waals surface area contributed by atoms with Crippen LogP contribution >= 0.6 is 11.3 Å².